The number of rotatable bonds is 5. The van der Waals surface area contributed by atoms with E-state index in [-0.39, 0.29) is 0 Å². The Morgan fingerprint density at radius 3 is 2.64 bits per heavy atom. The molecule has 3 atom stereocenters. The fraction of sp³-hybridized carbons (Fsp3) is 0.545. The molecule has 6 rings (SSSR count). The number of hydrogen-bond donors (Lipinski definition) is 1. The first-order valence-electron chi connectivity index (χ1n) is 10.4. The molecule has 0 aliphatic carbocycles. The molecule has 5 nitrogen and oxygen atoms in total. The number of hydrogen-bond acceptors (Lipinski definition) is 6. The van der Waals surface area contributed by atoms with E-state index >= 15 is 0 Å². The molecule has 28 heavy (non-hydrogen) atoms. The molecule has 6 heteroatoms. The number of phenolic OH excluding ortho intramolecular Hbond substituents is 1. The van der Waals surface area contributed by atoms with Crippen LogP contribution in [0.25, 0.3) is 0 Å². The number of likely N-dealkylation sites (tertiary alicyclic amines) is 1. The summed E-state index contributed by atoms with van der Waals surface area (Å²) in [4.78, 5) is 14.4. The van der Waals surface area contributed by atoms with E-state index in [1.54, 1.807) is 17.8 Å². The van der Waals surface area contributed by atoms with E-state index in [1.807, 2.05) is 24.5 Å². The van der Waals surface area contributed by atoms with Crippen LogP contribution in [0.1, 0.15) is 36.8 Å². The van der Waals surface area contributed by atoms with Crippen molar-refractivity contribution in [1.82, 2.24) is 19.8 Å². The standard InChI is InChI=1S/C22H28N4OS/c1-2-28-22-23-11-15(12-24-22)13-26-14-19(17-4-3-5-18(27)10-17)21-20(26)16-6-8-25(21)9-7-16/h3-5,10-12,16,19-21,27H,2,6-9,13-14H2,1H3/t19-,20+,21+/m1/s1. The number of nitrogens with zero attached hydrogens (tertiary/aromatic N) is 4. The fourth-order valence-corrected chi connectivity index (χ4v) is 6.15. The molecule has 0 amide bonds. The van der Waals surface area contributed by atoms with Gasteiger partial charge in [-0.15, -0.1) is 0 Å². The van der Waals surface area contributed by atoms with Crippen LogP contribution in [0.5, 0.6) is 5.75 Å². The molecule has 1 N–H and O–H groups in total. The lowest BCUT2D eigenvalue weighted by molar-refractivity contribution is -0.00875. The maximum absolute atomic E-state index is 10.0. The smallest absolute Gasteiger partial charge is 0.187 e. The van der Waals surface area contributed by atoms with Crippen LogP contribution >= 0.6 is 11.8 Å². The summed E-state index contributed by atoms with van der Waals surface area (Å²) in [5, 5.41) is 10.9. The molecule has 4 saturated heterocycles. The zero-order chi connectivity index (χ0) is 19.1. The molecule has 1 aromatic carbocycles. The van der Waals surface area contributed by atoms with Crippen LogP contribution in [0.2, 0.25) is 0 Å². The maximum Gasteiger partial charge on any atom is 0.187 e. The van der Waals surface area contributed by atoms with Crippen LogP contribution in [0.4, 0.5) is 0 Å². The summed E-state index contributed by atoms with van der Waals surface area (Å²) in [6.45, 7) is 6.53. The summed E-state index contributed by atoms with van der Waals surface area (Å²) in [6.07, 6.45) is 6.63. The molecule has 0 saturated carbocycles. The number of aromatic hydroxyl groups is 1. The van der Waals surface area contributed by atoms with Crippen molar-refractivity contribution in [2.45, 2.75) is 49.5 Å². The lowest BCUT2D eigenvalue weighted by atomic mass is 9.75. The molecule has 4 aliphatic heterocycles. The van der Waals surface area contributed by atoms with Crippen molar-refractivity contribution in [1.29, 1.82) is 0 Å². The fourth-order valence-electron chi connectivity index (χ4n) is 5.63. The van der Waals surface area contributed by atoms with Crippen molar-refractivity contribution in [2.24, 2.45) is 5.92 Å². The highest BCUT2D eigenvalue weighted by Gasteiger charge is 2.53. The second-order valence-electron chi connectivity index (χ2n) is 8.29. The Labute approximate surface area is 171 Å². The summed E-state index contributed by atoms with van der Waals surface area (Å²) in [5.74, 6) is 2.61. The zero-order valence-corrected chi connectivity index (χ0v) is 17.2. The van der Waals surface area contributed by atoms with E-state index in [0.717, 1.165) is 29.9 Å². The molecule has 2 aromatic rings. The molecule has 5 heterocycles. The van der Waals surface area contributed by atoms with Gasteiger partial charge in [0, 0.05) is 49.0 Å². The maximum atomic E-state index is 10.0. The Balaban J connectivity index is 1.41. The van der Waals surface area contributed by atoms with Gasteiger partial charge in [-0.05, 0) is 55.3 Å². The quantitative estimate of drug-likeness (QED) is 0.618. The summed E-state index contributed by atoms with van der Waals surface area (Å²) < 4.78 is 0. The lowest BCUT2D eigenvalue weighted by Gasteiger charge is -2.51. The first-order chi connectivity index (χ1) is 13.7. The van der Waals surface area contributed by atoms with E-state index in [0.29, 0.717) is 23.8 Å². The van der Waals surface area contributed by atoms with Crippen molar-refractivity contribution in [3.8, 4) is 5.75 Å². The molecule has 1 aromatic heterocycles. The Morgan fingerprint density at radius 2 is 1.93 bits per heavy atom. The first-order valence-corrected chi connectivity index (χ1v) is 11.4. The van der Waals surface area contributed by atoms with Gasteiger partial charge in [0.15, 0.2) is 5.16 Å². The predicted molar refractivity (Wildman–Crippen MR) is 112 cm³/mol. The van der Waals surface area contributed by atoms with Gasteiger partial charge in [-0.2, -0.15) is 0 Å². The Bertz CT molecular complexity index is 822. The molecule has 0 spiro atoms. The van der Waals surface area contributed by atoms with Crippen molar-refractivity contribution in [3.63, 3.8) is 0 Å². The largest absolute Gasteiger partial charge is 0.508 e. The second-order valence-corrected chi connectivity index (χ2v) is 9.52. The zero-order valence-electron chi connectivity index (χ0n) is 16.4. The van der Waals surface area contributed by atoms with Crippen molar-refractivity contribution in [2.75, 3.05) is 25.4 Å². The van der Waals surface area contributed by atoms with Gasteiger partial charge < -0.3 is 5.11 Å². The molecule has 4 fully saturated rings. The minimum atomic E-state index is 0.376. The van der Waals surface area contributed by atoms with Crippen LogP contribution in [-0.2, 0) is 6.54 Å². The third kappa shape index (κ3) is 3.31. The molecule has 0 unspecified atom stereocenters. The average molecular weight is 397 g/mol. The summed E-state index contributed by atoms with van der Waals surface area (Å²) in [5.41, 5.74) is 2.48. The summed E-state index contributed by atoms with van der Waals surface area (Å²) >= 11 is 1.69. The van der Waals surface area contributed by atoms with E-state index in [1.165, 1.54) is 37.1 Å². The van der Waals surface area contributed by atoms with E-state index in [4.69, 9.17) is 0 Å². The van der Waals surface area contributed by atoms with Gasteiger partial charge in [-0.1, -0.05) is 30.8 Å². The number of aromatic nitrogens is 2. The van der Waals surface area contributed by atoms with Crippen LogP contribution in [0.15, 0.2) is 41.8 Å². The van der Waals surface area contributed by atoms with Gasteiger partial charge in [0.25, 0.3) is 0 Å². The van der Waals surface area contributed by atoms with Crippen LogP contribution in [0, 0.1) is 5.92 Å². The monoisotopic (exact) mass is 396 g/mol. The predicted octanol–water partition coefficient (Wildman–Crippen LogP) is 3.36. The lowest BCUT2D eigenvalue weighted by Crippen LogP contribution is -2.59. The van der Waals surface area contributed by atoms with Crippen LogP contribution in [-0.4, -0.2) is 62.3 Å². The van der Waals surface area contributed by atoms with Gasteiger partial charge in [0.05, 0.1) is 0 Å². The third-order valence-electron chi connectivity index (χ3n) is 6.73. The normalized spacial score (nSPS) is 31.8. The van der Waals surface area contributed by atoms with Gasteiger partial charge in [-0.3, -0.25) is 9.80 Å². The van der Waals surface area contributed by atoms with E-state index in [9.17, 15) is 5.11 Å². The molecule has 148 valence electrons. The topological polar surface area (TPSA) is 52.5 Å². The number of phenols is 1. The third-order valence-corrected chi connectivity index (χ3v) is 7.49. The highest BCUT2D eigenvalue weighted by Crippen LogP contribution is 2.47. The van der Waals surface area contributed by atoms with Crippen molar-refractivity contribution >= 4 is 11.8 Å². The number of fused-ring (bicyclic) bond motifs is 2. The highest BCUT2D eigenvalue weighted by atomic mass is 32.2. The number of thioether (sulfide) groups is 1. The van der Waals surface area contributed by atoms with Crippen molar-refractivity contribution in [3.05, 3.63) is 47.8 Å². The number of benzene rings is 1. The Kier molecular flexibility index (Phi) is 5.03. The summed E-state index contributed by atoms with van der Waals surface area (Å²) in [7, 11) is 0. The van der Waals surface area contributed by atoms with E-state index in [2.05, 4.69) is 32.8 Å². The minimum Gasteiger partial charge on any atom is -0.508 e. The van der Waals surface area contributed by atoms with Crippen LogP contribution < -0.4 is 0 Å². The highest BCUT2D eigenvalue weighted by molar-refractivity contribution is 7.99. The van der Waals surface area contributed by atoms with Gasteiger partial charge >= 0.3 is 0 Å². The Morgan fingerprint density at radius 1 is 1.14 bits per heavy atom. The van der Waals surface area contributed by atoms with Gasteiger partial charge in [0.1, 0.15) is 5.75 Å². The van der Waals surface area contributed by atoms with Crippen molar-refractivity contribution < 1.29 is 5.11 Å². The number of piperidine rings is 3. The molecule has 2 bridgehead atoms. The second kappa shape index (κ2) is 7.65. The summed E-state index contributed by atoms with van der Waals surface area (Å²) in [6, 6.07) is 9.07. The minimum absolute atomic E-state index is 0.376. The van der Waals surface area contributed by atoms with Crippen LogP contribution in [0.3, 0.4) is 0 Å². The first kappa shape index (κ1) is 18.4. The van der Waals surface area contributed by atoms with Gasteiger partial charge in [0.2, 0.25) is 0 Å². The average Bonchev–Trinajstić information content (AvgIpc) is 3.12. The molecular formula is C22H28N4OS. The Hall–Kier alpha value is -1.63. The molecule has 0 radical (unpaired) electrons. The molecular weight excluding hydrogens is 368 g/mol. The molecule has 4 aliphatic rings. The SMILES string of the molecule is CCSc1ncc(CN2C[C@H](c3cccc(O)c3)[C@H]3[C@@H]2C2CCN3CC2)cn1. The van der Waals surface area contributed by atoms with Gasteiger partial charge in [-0.25, -0.2) is 9.97 Å². The van der Waals surface area contributed by atoms with E-state index < -0.39 is 0 Å².